The van der Waals surface area contributed by atoms with Crippen molar-refractivity contribution < 1.29 is 0 Å². The fourth-order valence-electron chi connectivity index (χ4n) is 9.65. The van der Waals surface area contributed by atoms with Crippen LogP contribution in [0.5, 0.6) is 0 Å². The molecule has 10 aromatic carbocycles. The fraction of sp³-hybridized carbons (Fsp3) is 0.0164. The van der Waals surface area contributed by atoms with Crippen molar-refractivity contribution in [2.45, 2.75) is 6.42 Å². The summed E-state index contributed by atoms with van der Waals surface area (Å²) in [5.41, 5.74) is 22.0. The third-order valence-corrected chi connectivity index (χ3v) is 12.8. The molecule has 0 radical (unpaired) electrons. The van der Waals surface area contributed by atoms with Gasteiger partial charge in [0, 0.05) is 39.9 Å². The van der Waals surface area contributed by atoms with Crippen LogP contribution in [0, 0.1) is 0 Å². The summed E-state index contributed by atoms with van der Waals surface area (Å²) >= 11 is 0. The van der Waals surface area contributed by atoms with E-state index in [0.29, 0.717) is 0 Å². The molecule has 0 aliphatic carbocycles. The molecule has 0 spiro atoms. The molecular formula is C61H42N2. The molecule has 11 aromatic rings. The SMILES string of the molecule is c1ccc(-c2ccc(N3c4ccc(-c5ccccc5)cc4Cc4cc(-c5ccc(-n6c7ccc(-c8ccccc8)cc7c7cc(-c8ccccc8)ccc76)cc5)ccc43)cc2)cc1. The van der Waals surface area contributed by atoms with E-state index in [4.69, 9.17) is 0 Å². The summed E-state index contributed by atoms with van der Waals surface area (Å²) in [5, 5.41) is 2.50. The smallest absolute Gasteiger partial charge is 0.0541 e. The van der Waals surface area contributed by atoms with E-state index in [1.54, 1.807) is 0 Å². The van der Waals surface area contributed by atoms with E-state index >= 15 is 0 Å². The van der Waals surface area contributed by atoms with Crippen LogP contribution in [-0.4, -0.2) is 4.57 Å². The third-order valence-electron chi connectivity index (χ3n) is 12.8. The van der Waals surface area contributed by atoms with Crippen LogP contribution >= 0.6 is 0 Å². The Labute approximate surface area is 368 Å². The van der Waals surface area contributed by atoms with Crippen molar-refractivity contribution in [1.29, 1.82) is 0 Å². The molecule has 0 bridgehead atoms. The predicted molar refractivity (Wildman–Crippen MR) is 265 cm³/mol. The summed E-state index contributed by atoms with van der Waals surface area (Å²) in [4.78, 5) is 2.44. The highest BCUT2D eigenvalue weighted by Crippen LogP contribution is 2.47. The molecule has 63 heavy (non-hydrogen) atoms. The molecule has 1 aliphatic rings. The van der Waals surface area contributed by atoms with E-state index < -0.39 is 0 Å². The van der Waals surface area contributed by atoms with E-state index in [1.807, 2.05) is 0 Å². The van der Waals surface area contributed by atoms with Crippen molar-refractivity contribution in [2.24, 2.45) is 0 Å². The predicted octanol–water partition coefficient (Wildman–Crippen LogP) is 16.5. The Morgan fingerprint density at radius 1 is 0.254 bits per heavy atom. The topological polar surface area (TPSA) is 8.17 Å². The van der Waals surface area contributed by atoms with Gasteiger partial charge in [-0.15, -0.1) is 0 Å². The average Bonchev–Trinajstić information content (AvgIpc) is 3.69. The summed E-state index contributed by atoms with van der Waals surface area (Å²) in [7, 11) is 0. The van der Waals surface area contributed by atoms with Crippen molar-refractivity contribution in [1.82, 2.24) is 4.57 Å². The molecule has 0 saturated heterocycles. The molecule has 0 unspecified atom stereocenters. The number of benzene rings is 10. The van der Waals surface area contributed by atoms with E-state index in [1.165, 1.54) is 99.9 Å². The van der Waals surface area contributed by atoms with Gasteiger partial charge in [-0.2, -0.15) is 0 Å². The maximum atomic E-state index is 2.44. The van der Waals surface area contributed by atoms with Crippen molar-refractivity contribution in [3.63, 3.8) is 0 Å². The largest absolute Gasteiger partial charge is 0.310 e. The van der Waals surface area contributed by atoms with Crippen molar-refractivity contribution in [3.8, 4) is 61.3 Å². The first-order chi connectivity index (χ1) is 31.2. The van der Waals surface area contributed by atoms with E-state index in [2.05, 4.69) is 252 Å². The van der Waals surface area contributed by atoms with Crippen molar-refractivity contribution >= 4 is 38.9 Å². The van der Waals surface area contributed by atoms with E-state index in [9.17, 15) is 0 Å². The second-order valence-corrected chi connectivity index (χ2v) is 16.6. The summed E-state index contributed by atoms with van der Waals surface area (Å²) in [6.45, 7) is 0. The van der Waals surface area contributed by atoms with Gasteiger partial charge in [-0.3, -0.25) is 0 Å². The maximum Gasteiger partial charge on any atom is 0.0541 e. The minimum absolute atomic E-state index is 0.854. The summed E-state index contributed by atoms with van der Waals surface area (Å²) in [6, 6.07) is 88.7. The lowest BCUT2D eigenvalue weighted by Crippen LogP contribution is -2.18. The van der Waals surface area contributed by atoms with E-state index in [-0.39, 0.29) is 0 Å². The number of anilines is 3. The van der Waals surface area contributed by atoms with Crippen LogP contribution in [0.4, 0.5) is 17.1 Å². The Kier molecular flexibility index (Phi) is 8.93. The average molecular weight is 803 g/mol. The normalized spacial score (nSPS) is 12.0. The van der Waals surface area contributed by atoms with Gasteiger partial charge in [-0.25, -0.2) is 0 Å². The van der Waals surface area contributed by atoms with Gasteiger partial charge in [0.05, 0.1) is 11.0 Å². The summed E-state index contributed by atoms with van der Waals surface area (Å²) < 4.78 is 2.42. The molecule has 2 heteroatoms. The van der Waals surface area contributed by atoms with Crippen LogP contribution in [0.2, 0.25) is 0 Å². The second kappa shape index (κ2) is 15.4. The Morgan fingerprint density at radius 3 is 1.00 bits per heavy atom. The Bertz CT molecular complexity index is 3330. The van der Waals surface area contributed by atoms with Gasteiger partial charge in [0.1, 0.15) is 0 Å². The van der Waals surface area contributed by atoms with Crippen LogP contribution in [0.3, 0.4) is 0 Å². The summed E-state index contributed by atoms with van der Waals surface area (Å²) in [6.07, 6.45) is 0.854. The zero-order chi connectivity index (χ0) is 41.7. The molecule has 296 valence electrons. The molecule has 12 rings (SSSR count). The number of hydrogen-bond donors (Lipinski definition) is 0. The molecule has 0 atom stereocenters. The molecule has 0 fully saturated rings. The highest BCUT2D eigenvalue weighted by atomic mass is 15.2. The first-order valence-corrected chi connectivity index (χ1v) is 21.8. The maximum absolute atomic E-state index is 2.44. The standard InChI is InChI=1S/C61H42N2/c1-5-13-42(14-6-1)46-21-29-54(30-22-46)62-58-33-25-48(43-15-7-2-8-16-43)37-52(58)39-53-38-49(26-34-59(53)62)47-23-31-55(32-24-47)63-60-35-27-50(44-17-9-3-10-18-44)40-56(60)57-41-51(28-36-61(57)63)45-19-11-4-12-20-45/h1-38,40-41H,39H2. The zero-order valence-corrected chi connectivity index (χ0v) is 34.7. The number of hydrogen-bond acceptors (Lipinski definition) is 1. The monoisotopic (exact) mass is 802 g/mol. The fourth-order valence-corrected chi connectivity index (χ4v) is 9.65. The lowest BCUT2D eigenvalue weighted by atomic mass is 9.90. The van der Waals surface area contributed by atoms with Gasteiger partial charge in [0.25, 0.3) is 0 Å². The van der Waals surface area contributed by atoms with Crippen LogP contribution in [0.1, 0.15) is 11.1 Å². The first-order valence-electron chi connectivity index (χ1n) is 21.8. The zero-order valence-electron chi connectivity index (χ0n) is 34.7. The van der Waals surface area contributed by atoms with Gasteiger partial charge < -0.3 is 9.47 Å². The van der Waals surface area contributed by atoms with Gasteiger partial charge in [-0.1, -0.05) is 170 Å². The quantitative estimate of drug-likeness (QED) is 0.156. The van der Waals surface area contributed by atoms with Gasteiger partial charge in [-0.05, 0) is 140 Å². The van der Waals surface area contributed by atoms with Crippen molar-refractivity contribution in [3.05, 3.63) is 254 Å². The second-order valence-electron chi connectivity index (χ2n) is 16.6. The lowest BCUT2D eigenvalue weighted by molar-refractivity contribution is 1.09. The number of fused-ring (bicyclic) bond motifs is 5. The first kappa shape index (κ1) is 36.6. The molecule has 1 aromatic heterocycles. The van der Waals surface area contributed by atoms with E-state index in [0.717, 1.165) is 17.8 Å². The van der Waals surface area contributed by atoms with Crippen LogP contribution in [0.25, 0.3) is 83.1 Å². The molecule has 2 nitrogen and oxygen atoms in total. The van der Waals surface area contributed by atoms with Gasteiger partial charge in [0.2, 0.25) is 0 Å². The molecule has 0 saturated carbocycles. The van der Waals surface area contributed by atoms with Crippen LogP contribution in [-0.2, 0) is 6.42 Å². The Morgan fingerprint density at radius 2 is 0.571 bits per heavy atom. The highest BCUT2D eigenvalue weighted by Gasteiger charge is 2.25. The molecule has 0 N–H and O–H groups in total. The van der Waals surface area contributed by atoms with Gasteiger partial charge in [0.15, 0.2) is 0 Å². The number of nitrogens with zero attached hydrogens (tertiary/aromatic N) is 2. The minimum atomic E-state index is 0.854. The lowest BCUT2D eigenvalue weighted by Gasteiger charge is -2.34. The number of rotatable bonds is 7. The van der Waals surface area contributed by atoms with Crippen molar-refractivity contribution in [2.75, 3.05) is 4.90 Å². The Balaban J connectivity index is 0.936. The number of aromatic nitrogens is 1. The van der Waals surface area contributed by atoms with Crippen LogP contribution < -0.4 is 4.90 Å². The van der Waals surface area contributed by atoms with Crippen LogP contribution in [0.15, 0.2) is 243 Å². The Hall–Kier alpha value is -8.20. The third kappa shape index (κ3) is 6.61. The highest BCUT2D eigenvalue weighted by molar-refractivity contribution is 6.11. The molecular weight excluding hydrogens is 761 g/mol. The molecule has 1 aliphatic heterocycles. The molecule has 0 amide bonds. The minimum Gasteiger partial charge on any atom is -0.310 e. The van der Waals surface area contributed by atoms with Gasteiger partial charge >= 0.3 is 0 Å². The molecule has 2 heterocycles. The summed E-state index contributed by atoms with van der Waals surface area (Å²) in [5.74, 6) is 0.